The van der Waals surface area contributed by atoms with Crippen molar-refractivity contribution in [1.82, 2.24) is 4.90 Å². The Labute approximate surface area is 205 Å². The van der Waals surface area contributed by atoms with Gasteiger partial charge in [-0.15, -0.1) is 0 Å². The molecule has 2 aromatic rings. The summed E-state index contributed by atoms with van der Waals surface area (Å²) in [5.41, 5.74) is 0.873. The quantitative estimate of drug-likeness (QED) is 0.173. The number of hydrogen-bond acceptors (Lipinski definition) is 8. The van der Waals surface area contributed by atoms with Crippen LogP contribution in [-0.2, 0) is 9.59 Å². The molecule has 0 atom stereocenters. The van der Waals surface area contributed by atoms with Gasteiger partial charge >= 0.3 is 0 Å². The summed E-state index contributed by atoms with van der Waals surface area (Å²) in [5, 5.41) is 13.6. The summed E-state index contributed by atoms with van der Waals surface area (Å²) in [4.78, 5) is 37.6. The number of nitro benzene ring substituents is 1. The fourth-order valence-corrected chi connectivity index (χ4v) is 4.84. The molecule has 0 unspecified atom stereocenters. The first-order valence-electron chi connectivity index (χ1n) is 10.6. The number of thiocarbonyl (C=S) groups is 1. The van der Waals surface area contributed by atoms with Crippen molar-refractivity contribution in [3.05, 3.63) is 63.0 Å². The number of unbranched alkanes of at least 4 members (excludes halogenated alkanes) is 2. The van der Waals surface area contributed by atoms with Gasteiger partial charge < -0.3 is 14.8 Å². The molecule has 1 fully saturated rings. The van der Waals surface area contributed by atoms with Gasteiger partial charge in [-0.25, -0.2) is 0 Å². The minimum absolute atomic E-state index is 0.137. The van der Waals surface area contributed by atoms with Gasteiger partial charge in [-0.05, 0) is 42.7 Å². The topological polar surface area (TPSA) is 111 Å². The summed E-state index contributed by atoms with van der Waals surface area (Å²) in [6.07, 6.45) is 4.00. The number of hydrogen-bond donors (Lipinski definition) is 1. The van der Waals surface area contributed by atoms with Crippen LogP contribution in [0, 0.1) is 10.1 Å². The number of thioether (sulfide) groups is 1. The second-order valence-corrected chi connectivity index (χ2v) is 9.25. The van der Waals surface area contributed by atoms with E-state index in [4.69, 9.17) is 21.7 Å². The van der Waals surface area contributed by atoms with Crippen LogP contribution in [0.15, 0.2) is 47.4 Å². The molecular weight excluding hydrogens is 478 g/mol. The van der Waals surface area contributed by atoms with Crippen LogP contribution in [0.4, 0.5) is 11.4 Å². The highest BCUT2D eigenvalue weighted by Crippen LogP contribution is 2.36. The highest BCUT2D eigenvalue weighted by Gasteiger charge is 2.31. The van der Waals surface area contributed by atoms with Crippen LogP contribution < -0.4 is 14.8 Å². The third kappa shape index (κ3) is 5.54. The van der Waals surface area contributed by atoms with Crippen LogP contribution in [0.2, 0.25) is 0 Å². The molecule has 0 spiro atoms. The second-order valence-electron chi connectivity index (χ2n) is 7.58. The third-order valence-electron chi connectivity index (χ3n) is 5.23. The van der Waals surface area contributed by atoms with Crippen LogP contribution in [-0.4, -0.2) is 39.3 Å². The van der Waals surface area contributed by atoms with E-state index in [0.29, 0.717) is 46.5 Å². The molecule has 2 heterocycles. The number of carbonyl (C=O) groups is 2. The maximum Gasteiger partial charge on any atom is 0.292 e. The molecule has 1 N–H and O–H groups in total. The maximum absolute atomic E-state index is 12.8. The smallest absolute Gasteiger partial charge is 0.292 e. The Hall–Kier alpha value is -3.44. The van der Waals surface area contributed by atoms with Crippen LogP contribution in [0.3, 0.4) is 0 Å². The number of carbonyl (C=O) groups excluding carboxylic acids is 2. The molecule has 0 aliphatic carbocycles. The lowest BCUT2D eigenvalue weighted by atomic mass is 10.1. The lowest BCUT2D eigenvalue weighted by Gasteiger charge is -2.14. The van der Waals surface area contributed by atoms with Crippen molar-refractivity contribution < 1.29 is 24.0 Å². The van der Waals surface area contributed by atoms with Gasteiger partial charge in [0.15, 0.2) is 11.5 Å². The summed E-state index contributed by atoms with van der Waals surface area (Å²) < 4.78 is 11.2. The molecule has 2 aliphatic rings. The largest absolute Gasteiger partial charge is 0.454 e. The monoisotopic (exact) mass is 499 g/mol. The lowest BCUT2D eigenvalue weighted by molar-refractivity contribution is -0.383. The average Bonchev–Trinajstić information content (AvgIpc) is 3.38. The second kappa shape index (κ2) is 10.7. The van der Waals surface area contributed by atoms with Gasteiger partial charge in [-0.3, -0.25) is 24.6 Å². The lowest BCUT2D eigenvalue weighted by Crippen LogP contribution is -2.29. The predicted octanol–water partition coefficient (Wildman–Crippen LogP) is 4.72. The molecule has 4 rings (SSSR count). The molecule has 9 nitrogen and oxygen atoms in total. The molecule has 0 bridgehead atoms. The first-order valence-corrected chi connectivity index (χ1v) is 11.8. The molecule has 0 saturated carbocycles. The van der Waals surface area contributed by atoms with Gasteiger partial charge in [0.05, 0.1) is 9.83 Å². The van der Waals surface area contributed by atoms with Gasteiger partial charge in [0, 0.05) is 19.0 Å². The first-order chi connectivity index (χ1) is 16.4. The van der Waals surface area contributed by atoms with E-state index in [1.54, 1.807) is 29.2 Å². The fraction of sp³-hybridized carbons (Fsp3) is 0.261. The summed E-state index contributed by atoms with van der Waals surface area (Å²) in [5.74, 6) is 0.906. The minimum atomic E-state index is -0.529. The van der Waals surface area contributed by atoms with Crippen molar-refractivity contribution in [2.75, 3.05) is 18.7 Å². The number of para-hydroxylation sites is 2. The van der Waals surface area contributed by atoms with Crippen LogP contribution >= 0.6 is 24.0 Å². The number of nitro groups is 1. The van der Waals surface area contributed by atoms with E-state index in [1.807, 2.05) is 12.1 Å². The van der Waals surface area contributed by atoms with E-state index in [0.717, 1.165) is 5.56 Å². The van der Waals surface area contributed by atoms with E-state index in [1.165, 1.54) is 23.9 Å². The number of rotatable bonds is 9. The number of nitrogens with zero attached hydrogens (tertiary/aromatic N) is 2. The van der Waals surface area contributed by atoms with Gasteiger partial charge in [0.1, 0.15) is 10.0 Å². The molecule has 176 valence electrons. The van der Waals surface area contributed by atoms with Gasteiger partial charge in [0.2, 0.25) is 12.7 Å². The Kier molecular flexibility index (Phi) is 7.43. The molecule has 1 saturated heterocycles. The molecule has 2 amide bonds. The molecule has 0 aromatic heterocycles. The molecule has 2 aromatic carbocycles. The zero-order valence-electron chi connectivity index (χ0n) is 18.0. The Morgan fingerprint density at radius 3 is 2.79 bits per heavy atom. The van der Waals surface area contributed by atoms with Crippen molar-refractivity contribution in [2.45, 2.75) is 25.7 Å². The molecule has 34 heavy (non-hydrogen) atoms. The first kappa shape index (κ1) is 23.7. The Morgan fingerprint density at radius 1 is 1.18 bits per heavy atom. The van der Waals surface area contributed by atoms with E-state index < -0.39 is 4.92 Å². The number of amides is 2. The molecule has 11 heteroatoms. The highest BCUT2D eigenvalue weighted by molar-refractivity contribution is 8.26. The Bertz CT molecular complexity index is 1180. The maximum atomic E-state index is 12.8. The van der Waals surface area contributed by atoms with E-state index >= 15 is 0 Å². The SMILES string of the molecule is O=C(CCCCCN1C(=O)/C(=C/c2ccc3c(c2)OCO3)SC1=S)Nc1ccccc1[N+](=O)[O-]. The van der Waals surface area contributed by atoms with Gasteiger partial charge in [0.25, 0.3) is 11.6 Å². The third-order valence-corrected chi connectivity index (χ3v) is 6.61. The number of benzene rings is 2. The predicted molar refractivity (Wildman–Crippen MR) is 133 cm³/mol. The number of fused-ring (bicyclic) bond motifs is 1. The summed E-state index contributed by atoms with van der Waals surface area (Å²) in [6, 6.07) is 11.5. The van der Waals surface area contributed by atoms with E-state index in [9.17, 15) is 19.7 Å². The normalized spacial score (nSPS) is 15.8. The zero-order chi connectivity index (χ0) is 24.1. The van der Waals surface area contributed by atoms with Crippen molar-refractivity contribution in [3.8, 4) is 11.5 Å². The standard InChI is InChI=1S/C23H21N3O6S2/c27-21(24-16-6-3-4-7-17(16)26(29)30)8-2-1-5-11-25-22(28)20(34-23(25)33)13-15-9-10-18-19(12-15)32-14-31-18/h3-4,6-7,9-10,12-13H,1-2,5,8,11,14H2,(H,24,27)/b20-13-. The van der Waals surface area contributed by atoms with Crippen LogP contribution in [0.5, 0.6) is 11.5 Å². The summed E-state index contributed by atoms with van der Waals surface area (Å²) in [7, 11) is 0. The van der Waals surface area contributed by atoms with Crippen LogP contribution in [0.25, 0.3) is 6.08 Å². The van der Waals surface area contributed by atoms with Crippen molar-refractivity contribution in [1.29, 1.82) is 0 Å². The van der Waals surface area contributed by atoms with E-state index in [-0.39, 0.29) is 36.4 Å². The van der Waals surface area contributed by atoms with E-state index in [2.05, 4.69) is 5.32 Å². The minimum Gasteiger partial charge on any atom is -0.454 e. The van der Waals surface area contributed by atoms with Crippen molar-refractivity contribution in [2.24, 2.45) is 0 Å². The molecular formula is C23H21N3O6S2. The van der Waals surface area contributed by atoms with Gasteiger partial charge in [-0.2, -0.15) is 0 Å². The zero-order valence-corrected chi connectivity index (χ0v) is 19.7. The summed E-state index contributed by atoms with van der Waals surface area (Å²) in [6.45, 7) is 0.656. The molecule has 0 radical (unpaired) electrons. The number of ether oxygens (including phenoxy) is 2. The molecule has 2 aliphatic heterocycles. The highest BCUT2D eigenvalue weighted by atomic mass is 32.2. The van der Waals surface area contributed by atoms with Crippen molar-refractivity contribution in [3.63, 3.8) is 0 Å². The fourth-order valence-electron chi connectivity index (χ4n) is 3.53. The van der Waals surface area contributed by atoms with Crippen LogP contribution in [0.1, 0.15) is 31.2 Å². The summed E-state index contributed by atoms with van der Waals surface area (Å²) >= 11 is 6.64. The number of nitrogens with one attached hydrogen (secondary N) is 1. The van der Waals surface area contributed by atoms with Crippen molar-refractivity contribution >= 4 is 57.6 Å². The Morgan fingerprint density at radius 2 is 1.97 bits per heavy atom. The average molecular weight is 500 g/mol. The van der Waals surface area contributed by atoms with Gasteiger partial charge in [-0.1, -0.05) is 48.6 Å². The Balaban J connectivity index is 1.23. The number of anilines is 1.